The summed E-state index contributed by atoms with van der Waals surface area (Å²) in [5.74, 6) is 3.63. The predicted octanol–water partition coefficient (Wildman–Crippen LogP) is 7.50. The Balaban J connectivity index is 0.000000344. The van der Waals surface area contributed by atoms with Crippen LogP contribution in [0, 0.1) is 23.7 Å². The number of hydrogen-bond acceptors (Lipinski definition) is 2. The van der Waals surface area contributed by atoms with Crippen molar-refractivity contribution >= 4 is 0 Å². The summed E-state index contributed by atoms with van der Waals surface area (Å²) in [6, 6.07) is 0. The van der Waals surface area contributed by atoms with Crippen LogP contribution in [0.5, 0.6) is 0 Å². The average molecular weight is 371 g/mol. The van der Waals surface area contributed by atoms with Crippen LogP contribution < -0.4 is 0 Å². The van der Waals surface area contributed by atoms with Gasteiger partial charge in [0.15, 0.2) is 0 Å². The van der Waals surface area contributed by atoms with Gasteiger partial charge >= 0.3 is 0 Å². The summed E-state index contributed by atoms with van der Waals surface area (Å²) >= 11 is 0. The van der Waals surface area contributed by atoms with E-state index in [9.17, 15) is 0 Å². The molecule has 3 fully saturated rings. The van der Waals surface area contributed by atoms with Crippen LogP contribution in [-0.2, 0) is 9.47 Å². The maximum atomic E-state index is 5.39. The Morgan fingerprint density at radius 3 is 0.885 bits per heavy atom. The van der Waals surface area contributed by atoms with Crippen LogP contribution >= 0.6 is 0 Å². The summed E-state index contributed by atoms with van der Waals surface area (Å²) in [5, 5.41) is 0. The van der Waals surface area contributed by atoms with Crippen molar-refractivity contribution in [1.82, 2.24) is 0 Å². The van der Waals surface area contributed by atoms with Gasteiger partial charge in [0.1, 0.15) is 0 Å². The van der Waals surface area contributed by atoms with Gasteiger partial charge in [0.05, 0.1) is 12.2 Å². The molecule has 0 aromatic heterocycles. The molecule has 0 bridgehead atoms. The van der Waals surface area contributed by atoms with Crippen LogP contribution in [0.25, 0.3) is 0 Å². The Kier molecular flexibility index (Phi) is 15.9. The molecular formula is C24H50O2. The average Bonchev–Trinajstić information content (AvgIpc) is 2.65. The highest BCUT2D eigenvalue weighted by molar-refractivity contribution is 4.66. The van der Waals surface area contributed by atoms with E-state index < -0.39 is 0 Å². The van der Waals surface area contributed by atoms with Crippen LogP contribution in [0.3, 0.4) is 0 Å². The van der Waals surface area contributed by atoms with Crippen molar-refractivity contribution in [2.24, 2.45) is 23.7 Å². The van der Waals surface area contributed by atoms with E-state index in [0.717, 1.165) is 36.9 Å². The van der Waals surface area contributed by atoms with E-state index in [2.05, 4.69) is 41.5 Å². The third-order valence-electron chi connectivity index (χ3n) is 5.77. The monoisotopic (exact) mass is 370 g/mol. The molecule has 0 aromatic rings. The largest absolute Gasteiger partial charge is 0.378 e. The molecule has 4 unspecified atom stereocenters. The maximum Gasteiger partial charge on any atom is 0.0547 e. The second-order valence-electron chi connectivity index (χ2n) is 9.02. The molecule has 0 amide bonds. The van der Waals surface area contributed by atoms with Crippen LogP contribution in [0.15, 0.2) is 0 Å². The fraction of sp³-hybridized carbons (Fsp3) is 1.00. The minimum atomic E-state index is 0.520. The molecule has 26 heavy (non-hydrogen) atoms. The fourth-order valence-electron chi connectivity index (χ4n) is 3.46. The Morgan fingerprint density at radius 2 is 0.692 bits per heavy atom. The Morgan fingerprint density at radius 1 is 0.423 bits per heavy atom. The molecule has 3 aliphatic rings. The van der Waals surface area contributed by atoms with E-state index in [-0.39, 0.29) is 0 Å². The first-order chi connectivity index (χ1) is 12.4. The van der Waals surface area contributed by atoms with Crippen molar-refractivity contribution in [3.8, 4) is 0 Å². The number of hydrogen-bond donors (Lipinski definition) is 0. The van der Waals surface area contributed by atoms with Gasteiger partial charge < -0.3 is 9.47 Å². The minimum absolute atomic E-state index is 0.520. The summed E-state index contributed by atoms with van der Waals surface area (Å²) < 4.78 is 10.8. The van der Waals surface area contributed by atoms with E-state index in [1.807, 2.05) is 13.8 Å². The third-order valence-corrected chi connectivity index (χ3v) is 5.77. The fourth-order valence-corrected chi connectivity index (χ4v) is 3.46. The van der Waals surface area contributed by atoms with Gasteiger partial charge in [-0.05, 0) is 63.2 Å². The first kappa shape index (κ1) is 25.9. The molecule has 0 N–H and O–H groups in total. The highest BCUT2D eigenvalue weighted by atomic mass is 16.5. The lowest BCUT2D eigenvalue weighted by Gasteiger charge is -2.23. The van der Waals surface area contributed by atoms with E-state index in [1.54, 1.807) is 0 Å². The summed E-state index contributed by atoms with van der Waals surface area (Å²) in [6.07, 6.45) is 12.1. The predicted molar refractivity (Wildman–Crippen MR) is 116 cm³/mol. The van der Waals surface area contributed by atoms with Crippen molar-refractivity contribution in [2.75, 3.05) is 13.2 Å². The van der Waals surface area contributed by atoms with Crippen LogP contribution in [0.2, 0.25) is 0 Å². The summed E-state index contributed by atoms with van der Waals surface area (Å²) in [7, 11) is 0. The van der Waals surface area contributed by atoms with E-state index in [0.29, 0.717) is 12.2 Å². The zero-order valence-electron chi connectivity index (χ0n) is 19.4. The zero-order chi connectivity index (χ0) is 19.9. The molecule has 3 rings (SSSR count). The van der Waals surface area contributed by atoms with Crippen molar-refractivity contribution in [1.29, 1.82) is 0 Å². The lowest BCUT2D eigenvalue weighted by molar-refractivity contribution is 0.000174. The summed E-state index contributed by atoms with van der Waals surface area (Å²) in [4.78, 5) is 0. The highest BCUT2D eigenvalue weighted by Crippen LogP contribution is 2.27. The maximum absolute atomic E-state index is 5.39. The van der Waals surface area contributed by atoms with Gasteiger partial charge in [0.25, 0.3) is 0 Å². The Labute approximate surface area is 165 Å². The Bertz CT molecular complexity index is 203. The quantitative estimate of drug-likeness (QED) is 0.439. The molecule has 158 valence electrons. The second-order valence-corrected chi connectivity index (χ2v) is 9.02. The molecule has 2 nitrogen and oxygen atoms in total. The molecule has 2 saturated heterocycles. The van der Waals surface area contributed by atoms with E-state index >= 15 is 0 Å². The first-order valence-corrected chi connectivity index (χ1v) is 11.6. The highest BCUT2D eigenvalue weighted by Gasteiger charge is 2.14. The second kappa shape index (κ2) is 15.9. The van der Waals surface area contributed by atoms with Gasteiger partial charge in [0.2, 0.25) is 0 Å². The molecule has 0 radical (unpaired) electrons. The van der Waals surface area contributed by atoms with E-state index in [1.165, 1.54) is 51.4 Å². The van der Waals surface area contributed by atoms with Crippen LogP contribution in [0.4, 0.5) is 0 Å². The summed E-state index contributed by atoms with van der Waals surface area (Å²) in [6.45, 7) is 19.5. The van der Waals surface area contributed by atoms with E-state index in [4.69, 9.17) is 9.47 Å². The van der Waals surface area contributed by atoms with Gasteiger partial charge in [-0.2, -0.15) is 0 Å². The molecule has 0 aromatic carbocycles. The smallest absolute Gasteiger partial charge is 0.0547 e. The standard InChI is InChI=1S/C8H16.2C7H14O.C2H6/c1-7-3-5-8(2)6-4-7;2*1-6-3-4-7(2)8-5-6;1-2/h7-8H,3-6H2,1-2H3;2*6-7H,3-5H2,1-2H3;1-2H3. The molecule has 0 spiro atoms. The van der Waals surface area contributed by atoms with Crippen LogP contribution in [-0.4, -0.2) is 25.4 Å². The normalized spacial score (nSPS) is 36.9. The van der Waals surface area contributed by atoms with Gasteiger partial charge in [-0.1, -0.05) is 67.2 Å². The van der Waals surface area contributed by atoms with Crippen molar-refractivity contribution in [2.45, 2.75) is 119 Å². The van der Waals surface area contributed by atoms with Crippen LogP contribution in [0.1, 0.15) is 107 Å². The number of rotatable bonds is 0. The third kappa shape index (κ3) is 14.0. The van der Waals surface area contributed by atoms with Gasteiger partial charge in [-0.3, -0.25) is 0 Å². The lowest BCUT2D eigenvalue weighted by atomic mass is 9.84. The summed E-state index contributed by atoms with van der Waals surface area (Å²) in [5.41, 5.74) is 0. The molecule has 4 atom stereocenters. The van der Waals surface area contributed by atoms with Crippen molar-refractivity contribution in [3.63, 3.8) is 0 Å². The zero-order valence-corrected chi connectivity index (χ0v) is 19.4. The first-order valence-electron chi connectivity index (χ1n) is 11.6. The molecule has 1 aliphatic carbocycles. The molecular weight excluding hydrogens is 320 g/mol. The lowest BCUT2D eigenvalue weighted by Crippen LogP contribution is -2.21. The van der Waals surface area contributed by atoms with Crippen molar-refractivity contribution < 1.29 is 9.47 Å². The minimum Gasteiger partial charge on any atom is -0.378 e. The van der Waals surface area contributed by atoms with Crippen molar-refractivity contribution in [3.05, 3.63) is 0 Å². The molecule has 2 aliphatic heterocycles. The van der Waals surface area contributed by atoms with Gasteiger partial charge in [0, 0.05) is 13.2 Å². The molecule has 1 saturated carbocycles. The Hall–Kier alpha value is -0.0800. The SMILES string of the molecule is CC.CC1CCC(C)CC1.CC1CCC(C)OC1.CC1CCC(C)OC1. The van der Waals surface area contributed by atoms with Gasteiger partial charge in [-0.25, -0.2) is 0 Å². The van der Waals surface area contributed by atoms with Gasteiger partial charge in [-0.15, -0.1) is 0 Å². The topological polar surface area (TPSA) is 18.5 Å². The number of ether oxygens (including phenoxy) is 2. The molecule has 2 heteroatoms. The molecule has 2 heterocycles.